The molecule has 3 unspecified atom stereocenters. The van der Waals surface area contributed by atoms with E-state index in [0.717, 1.165) is 64.2 Å². The van der Waals surface area contributed by atoms with E-state index in [-0.39, 0.29) is 5.92 Å². The monoisotopic (exact) mass is 524 g/mol. The Morgan fingerprint density at radius 2 is 1.00 bits per heavy atom. The van der Waals surface area contributed by atoms with Gasteiger partial charge in [0.2, 0.25) is 0 Å². The largest absolute Gasteiger partial charge is 0.481 e. The molecule has 0 bridgehead atoms. The Morgan fingerprint density at radius 1 is 0.568 bits per heavy atom. The van der Waals surface area contributed by atoms with Crippen molar-refractivity contribution in [1.82, 2.24) is 0 Å². The first-order valence-corrected chi connectivity index (χ1v) is 16.3. The maximum absolute atomic E-state index is 13.2. The van der Waals surface area contributed by atoms with Gasteiger partial charge in [0.15, 0.2) is 0 Å². The van der Waals surface area contributed by atoms with Crippen LogP contribution in [0.5, 0.6) is 0 Å². The van der Waals surface area contributed by atoms with E-state index in [2.05, 4.69) is 34.6 Å². The van der Waals surface area contributed by atoms with Crippen LogP contribution in [0, 0.1) is 23.2 Å². The number of carboxylic acid groups (broad SMARTS) is 2. The molecule has 0 aliphatic heterocycles. The molecular formula is C33H64O4. The first-order valence-electron chi connectivity index (χ1n) is 16.3. The Labute approximate surface area is 230 Å². The van der Waals surface area contributed by atoms with Gasteiger partial charge in [-0.1, -0.05) is 144 Å². The van der Waals surface area contributed by atoms with Crippen molar-refractivity contribution < 1.29 is 19.8 Å². The molecule has 4 nitrogen and oxygen atoms in total. The minimum Gasteiger partial charge on any atom is -0.481 e. The maximum atomic E-state index is 13.2. The Morgan fingerprint density at radius 3 is 1.35 bits per heavy atom. The van der Waals surface area contributed by atoms with Gasteiger partial charge in [-0.3, -0.25) is 9.59 Å². The molecule has 0 radical (unpaired) electrons. The molecule has 3 atom stereocenters. The van der Waals surface area contributed by atoms with Crippen LogP contribution < -0.4 is 0 Å². The van der Waals surface area contributed by atoms with Crippen molar-refractivity contribution in [2.45, 2.75) is 176 Å². The lowest BCUT2D eigenvalue weighted by atomic mass is 9.61. The fraction of sp³-hybridized carbons (Fsp3) is 0.939. The molecule has 37 heavy (non-hydrogen) atoms. The van der Waals surface area contributed by atoms with Crippen molar-refractivity contribution in [2.75, 3.05) is 0 Å². The molecule has 0 amide bonds. The van der Waals surface area contributed by atoms with E-state index in [4.69, 9.17) is 5.11 Å². The summed E-state index contributed by atoms with van der Waals surface area (Å²) in [6.07, 6.45) is 23.5. The Kier molecular flexibility index (Phi) is 22.2. The minimum absolute atomic E-state index is 0.269. The molecule has 0 aromatic rings. The van der Waals surface area contributed by atoms with Crippen molar-refractivity contribution >= 4 is 11.9 Å². The molecule has 0 heterocycles. The summed E-state index contributed by atoms with van der Waals surface area (Å²) in [4.78, 5) is 23.7. The van der Waals surface area contributed by atoms with E-state index in [0.29, 0.717) is 18.3 Å². The number of unbranched alkanes of at least 4 members (excludes halogenated alkanes) is 10. The van der Waals surface area contributed by atoms with Crippen molar-refractivity contribution in [1.29, 1.82) is 0 Å². The van der Waals surface area contributed by atoms with Gasteiger partial charge >= 0.3 is 11.9 Å². The van der Waals surface area contributed by atoms with Crippen molar-refractivity contribution in [2.24, 2.45) is 23.2 Å². The molecular weight excluding hydrogens is 460 g/mol. The van der Waals surface area contributed by atoms with Gasteiger partial charge in [0, 0.05) is 6.42 Å². The lowest BCUT2D eigenvalue weighted by molar-refractivity contribution is -0.157. The van der Waals surface area contributed by atoms with Gasteiger partial charge in [0.05, 0.1) is 5.41 Å². The normalized spacial score (nSPS) is 15.7. The third-order valence-electron chi connectivity index (χ3n) is 9.04. The quantitative estimate of drug-likeness (QED) is 0.105. The summed E-state index contributed by atoms with van der Waals surface area (Å²) in [6, 6.07) is 0. The van der Waals surface area contributed by atoms with Crippen molar-refractivity contribution in [3.05, 3.63) is 0 Å². The number of carbonyl (C=O) groups is 2. The molecule has 220 valence electrons. The molecule has 0 saturated carbocycles. The Bertz CT molecular complexity index is 541. The van der Waals surface area contributed by atoms with Crippen LogP contribution in [0.3, 0.4) is 0 Å². The minimum atomic E-state index is -0.686. The summed E-state index contributed by atoms with van der Waals surface area (Å²) in [5.41, 5.74) is -0.576. The lowest BCUT2D eigenvalue weighted by Crippen LogP contribution is -2.42. The number of hydrogen-bond acceptors (Lipinski definition) is 2. The summed E-state index contributed by atoms with van der Waals surface area (Å²) in [7, 11) is 0. The molecule has 0 aliphatic carbocycles. The predicted octanol–water partition coefficient (Wildman–Crippen LogP) is 10.7. The topological polar surface area (TPSA) is 74.6 Å². The first-order chi connectivity index (χ1) is 17.8. The Hall–Kier alpha value is -1.06. The summed E-state index contributed by atoms with van der Waals surface area (Å²) in [6.45, 7) is 11.2. The highest BCUT2D eigenvalue weighted by atomic mass is 16.4. The van der Waals surface area contributed by atoms with Crippen molar-refractivity contribution in [3.8, 4) is 0 Å². The molecule has 2 N–H and O–H groups in total. The van der Waals surface area contributed by atoms with Crippen LogP contribution in [0.15, 0.2) is 0 Å². The van der Waals surface area contributed by atoms with Crippen LogP contribution in [-0.2, 0) is 9.59 Å². The second kappa shape index (κ2) is 22.9. The van der Waals surface area contributed by atoms with Crippen LogP contribution >= 0.6 is 0 Å². The second-order valence-electron chi connectivity index (χ2n) is 11.9. The molecule has 0 rings (SSSR count). The molecule has 0 saturated heterocycles. The zero-order chi connectivity index (χ0) is 27.9. The summed E-state index contributed by atoms with van der Waals surface area (Å²) in [5.74, 6) is 0.0981. The zero-order valence-electron chi connectivity index (χ0n) is 25.5. The second-order valence-corrected chi connectivity index (χ2v) is 11.9. The first kappa shape index (κ1) is 35.9. The zero-order valence-corrected chi connectivity index (χ0v) is 25.5. The van der Waals surface area contributed by atoms with Crippen LogP contribution in [0.2, 0.25) is 0 Å². The SMILES string of the molecule is CCCCC(CC)CC(CC(CC)CCCC)(C(=O)O)C(CC)CCCCCCCCCCCC(=O)O. The summed E-state index contributed by atoms with van der Waals surface area (Å²) >= 11 is 0. The van der Waals surface area contributed by atoms with E-state index >= 15 is 0 Å². The average molecular weight is 525 g/mol. The van der Waals surface area contributed by atoms with E-state index < -0.39 is 17.4 Å². The van der Waals surface area contributed by atoms with Crippen LogP contribution in [-0.4, -0.2) is 22.2 Å². The summed E-state index contributed by atoms with van der Waals surface area (Å²) < 4.78 is 0. The molecule has 0 aromatic carbocycles. The third kappa shape index (κ3) is 15.8. The van der Waals surface area contributed by atoms with Crippen LogP contribution in [0.25, 0.3) is 0 Å². The summed E-state index contributed by atoms with van der Waals surface area (Å²) in [5, 5.41) is 19.5. The number of rotatable bonds is 27. The maximum Gasteiger partial charge on any atom is 0.309 e. The molecule has 0 aliphatic rings. The van der Waals surface area contributed by atoms with E-state index in [9.17, 15) is 14.7 Å². The van der Waals surface area contributed by atoms with Gasteiger partial charge in [0.25, 0.3) is 0 Å². The number of carboxylic acids is 2. The van der Waals surface area contributed by atoms with E-state index in [1.54, 1.807) is 0 Å². The molecule has 0 spiro atoms. The van der Waals surface area contributed by atoms with E-state index in [1.165, 1.54) is 70.6 Å². The number of aliphatic carboxylic acids is 2. The van der Waals surface area contributed by atoms with Gasteiger partial charge < -0.3 is 10.2 Å². The fourth-order valence-electron chi connectivity index (χ4n) is 6.46. The van der Waals surface area contributed by atoms with E-state index in [1.807, 2.05) is 0 Å². The highest BCUT2D eigenvalue weighted by Gasteiger charge is 2.46. The number of hydrogen-bond donors (Lipinski definition) is 2. The van der Waals surface area contributed by atoms with Crippen molar-refractivity contribution in [3.63, 3.8) is 0 Å². The van der Waals surface area contributed by atoms with Crippen LogP contribution in [0.1, 0.15) is 176 Å². The predicted molar refractivity (Wildman–Crippen MR) is 158 cm³/mol. The van der Waals surface area contributed by atoms with Gasteiger partial charge in [-0.25, -0.2) is 0 Å². The molecule has 0 aromatic heterocycles. The smallest absolute Gasteiger partial charge is 0.309 e. The molecule has 0 fully saturated rings. The fourth-order valence-corrected chi connectivity index (χ4v) is 6.46. The third-order valence-corrected chi connectivity index (χ3v) is 9.04. The highest BCUT2D eigenvalue weighted by Crippen LogP contribution is 2.47. The van der Waals surface area contributed by atoms with Crippen LogP contribution in [0.4, 0.5) is 0 Å². The van der Waals surface area contributed by atoms with Gasteiger partial charge in [0.1, 0.15) is 0 Å². The Balaban J connectivity index is 5.07. The van der Waals surface area contributed by atoms with Gasteiger partial charge in [-0.2, -0.15) is 0 Å². The standard InChI is InChI=1S/C33H64O4/c1-6-11-22-28(8-3)26-33(32(36)37,27-29(9-4)23-12-7-2)30(10-5)24-20-18-16-14-13-15-17-19-21-25-31(34)35/h28-30H,6-27H2,1-5H3,(H,34,35)(H,36,37). The highest BCUT2D eigenvalue weighted by molar-refractivity contribution is 5.75. The average Bonchev–Trinajstić information content (AvgIpc) is 2.88. The lowest BCUT2D eigenvalue weighted by Gasteiger charge is -2.42. The van der Waals surface area contributed by atoms with Gasteiger partial charge in [-0.05, 0) is 43.4 Å². The van der Waals surface area contributed by atoms with Gasteiger partial charge in [-0.15, -0.1) is 0 Å². The molecule has 4 heteroatoms.